The fraction of sp³-hybridized carbons (Fsp3) is 0.474. The van der Waals surface area contributed by atoms with Gasteiger partial charge in [-0.25, -0.2) is 9.18 Å². The number of nitrogens with one attached hydrogen (secondary N) is 1. The maximum atomic E-state index is 13.6. The van der Waals surface area contributed by atoms with Crippen LogP contribution in [0.4, 0.5) is 4.39 Å². The fourth-order valence-corrected chi connectivity index (χ4v) is 3.27. The summed E-state index contributed by atoms with van der Waals surface area (Å²) in [6.45, 7) is 3.95. The van der Waals surface area contributed by atoms with Crippen LogP contribution in [-0.2, 0) is 14.3 Å². The lowest BCUT2D eigenvalue weighted by atomic mass is 9.78. The largest absolute Gasteiger partial charge is 0.452 e. The van der Waals surface area contributed by atoms with Crippen molar-refractivity contribution in [2.75, 3.05) is 6.61 Å². The number of amides is 1. The van der Waals surface area contributed by atoms with E-state index in [1.165, 1.54) is 30.7 Å². The van der Waals surface area contributed by atoms with Crippen molar-refractivity contribution >= 4 is 29.6 Å². The molecule has 3 atom stereocenters. The maximum Gasteiger partial charge on any atom is 0.331 e. The average molecular weight is 368 g/mol. The van der Waals surface area contributed by atoms with Gasteiger partial charge in [0.15, 0.2) is 6.61 Å². The summed E-state index contributed by atoms with van der Waals surface area (Å²) in [7, 11) is 0. The van der Waals surface area contributed by atoms with Gasteiger partial charge in [0, 0.05) is 17.7 Å². The normalized spacial score (nSPS) is 23.4. The molecule has 6 heteroatoms. The number of esters is 1. The first-order chi connectivity index (χ1) is 11.9. The van der Waals surface area contributed by atoms with Crippen LogP contribution in [0.2, 0.25) is 5.02 Å². The summed E-state index contributed by atoms with van der Waals surface area (Å²) in [6, 6.07) is 4.36. The number of hydrogen-bond acceptors (Lipinski definition) is 3. The van der Waals surface area contributed by atoms with Gasteiger partial charge in [-0.05, 0) is 36.5 Å². The van der Waals surface area contributed by atoms with E-state index in [-0.39, 0.29) is 29.1 Å². The van der Waals surface area contributed by atoms with Crippen LogP contribution in [0, 0.1) is 17.7 Å². The number of benzene rings is 1. The van der Waals surface area contributed by atoms with E-state index in [1.54, 1.807) is 0 Å². The van der Waals surface area contributed by atoms with Gasteiger partial charge in [-0.1, -0.05) is 44.4 Å². The Bertz CT molecular complexity index is 642. The molecule has 0 spiro atoms. The van der Waals surface area contributed by atoms with Crippen molar-refractivity contribution in [1.29, 1.82) is 0 Å². The maximum absolute atomic E-state index is 13.6. The quantitative estimate of drug-likeness (QED) is 0.632. The molecular weight excluding hydrogens is 345 g/mol. The number of carbonyl (C=O) groups is 2. The molecule has 0 aliphatic heterocycles. The van der Waals surface area contributed by atoms with Gasteiger partial charge in [-0.2, -0.15) is 0 Å². The van der Waals surface area contributed by atoms with E-state index in [9.17, 15) is 14.0 Å². The zero-order chi connectivity index (χ0) is 18.4. The van der Waals surface area contributed by atoms with E-state index in [2.05, 4.69) is 19.2 Å². The molecule has 0 aromatic heterocycles. The highest BCUT2D eigenvalue weighted by Gasteiger charge is 2.28. The Balaban J connectivity index is 1.81. The molecule has 1 aliphatic rings. The molecule has 1 fully saturated rings. The third-order valence-electron chi connectivity index (χ3n) is 4.78. The van der Waals surface area contributed by atoms with Crippen molar-refractivity contribution in [2.45, 2.75) is 39.2 Å². The Kier molecular flexibility index (Phi) is 7.00. The molecule has 1 amide bonds. The summed E-state index contributed by atoms with van der Waals surface area (Å²) in [4.78, 5) is 23.7. The van der Waals surface area contributed by atoms with Crippen LogP contribution in [0.1, 0.15) is 38.7 Å². The van der Waals surface area contributed by atoms with Crippen LogP contribution in [0.5, 0.6) is 0 Å². The average Bonchev–Trinajstić information content (AvgIpc) is 2.57. The second-order valence-electron chi connectivity index (χ2n) is 6.52. The molecule has 4 nitrogen and oxygen atoms in total. The molecule has 0 radical (unpaired) electrons. The predicted octanol–water partition coefficient (Wildman–Crippen LogP) is 3.98. The highest BCUT2D eigenvalue weighted by molar-refractivity contribution is 6.32. The van der Waals surface area contributed by atoms with E-state index < -0.39 is 11.8 Å². The fourth-order valence-electron chi connectivity index (χ4n) is 3.04. The zero-order valence-electron chi connectivity index (χ0n) is 14.4. The van der Waals surface area contributed by atoms with Crippen molar-refractivity contribution in [3.05, 3.63) is 40.7 Å². The van der Waals surface area contributed by atoms with Crippen molar-refractivity contribution in [3.8, 4) is 0 Å². The predicted molar refractivity (Wildman–Crippen MR) is 95.5 cm³/mol. The van der Waals surface area contributed by atoms with Gasteiger partial charge >= 0.3 is 5.97 Å². The molecule has 1 aromatic rings. The number of ether oxygens (including phenoxy) is 1. The molecule has 136 valence electrons. The molecule has 1 saturated carbocycles. The van der Waals surface area contributed by atoms with E-state index in [0.717, 1.165) is 18.9 Å². The molecule has 0 unspecified atom stereocenters. The lowest BCUT2D eigenvalue weighted by Gasteiger charge is -2.34. The summed E-state index contributed by atoms with van der Waals surface area (Å²) in [6.07, 6.45) is 5.50. The summed E-state index contributed by atoms with van der Waals surface area (Å²) in [5.41, 5.74) is 0.107. The summed E-state index contributed by atoms with van der Waals surface area (Å²) in [5.74, 6) is -0.614. The molecule has 1 N–H and O–H groups in total. The zero-order valence-corrected chi connectivity index (χ0v) is 15.2. The highest BCUT2D eigenvalue weighted by Crippen LogP contribution is 2.29. The Morgan fingerprint density at radius 2 is 2.12 bits per heavy atom. The Hall–Kier alpha value is -1.88. The summed E-state index contributed by atoms with van der Waals surface area (Å²) < 4.78 is 18.5. The molecule has 1 aromatic carbocycles. The first kappa shape index (κ1) is 19.4. The Labute approximate surface area is 152 Å². The number of halogens is 2. The third-order valence-corrected chi connectivity index (χ3v) is 5.11. The van der Waals surface area contributed by atoms with E-state index in [4.69, 9.17) is 16.3 Å². The van der Waals surface area contributed by atoms with Crippen molar-refractivity contribution in [1.82, 2.24) is 5.32 Å². The van der Waals surface area contributed by atoms with Crippen molar-refractivity contribution in [3.63, 3.8) is 0 Å². The van der Waals surface area contributed by atoms with Crippen LogP contribution < -0.4 is 5.32 Å². The molecule has 1 aliphatic carbocycles. The first-order valence-corrected chi connectivity index (χ1v) is 8.84. The molecule has 2 rings (SSSR count). The van der Waals surface area contributed by atoms with Crippen molar-refractivity contribution < 1.29 is 18.7 Å². The minimum absolute atomic E-state index is 0.107. The van der Waals surface area contributed by atoms with E-state index in [0.29, 0.717) is 11.8 Å². The Morgan fingerprint density at radius 1 is 1.36 bits per heavy atom. The van der Waals surface area contributed by atoms with Crippen LogP contribution in [-0.4, -0.2) is 24.5 Å². The molecule has 0 saturated heterocycles. The van der Waals surface area contributed by atoms with E-state index >= 15 is 0 Å². The van der Waals surface area contributed by atoms with Gasteiger partial charge in [0.05, 0.1) is 5.02 Å². The summed E-state index contributed by atoms with van der Waals surface area (Å²) >= 11 is 5.87. The smallest absolute Gasteiger partial charge is 0.331 e. The van der Waals surface area contributed by atoms with Crippen LogP contribution in [0.3, 0.4) is 0 Å². The molecular formula is C19H23ClFNO3. The standard InChI is InChI=1S/C19H23ClFNO3/c1-12-5-3-8-17(13(12)2)22-18(23)11-25-19(24)10-9-14-15(20)6-4-7-16(14)21/h4,6-7,9-10,12-13,17H,3,5,8,11H2,1-2H3,(H,22,23)/b10-9+/t12-,13-,17+/m1/s1. The third kappa shape index (κ3) is 5.56. The SMILES string of the molecule is C[C@@H]1[C@H](C)CCC[C@@H]1NC(=O)COC(=O)/C=C/c1c(F)cccc1Cl. The van der Waals surface area contributed by atoms with Crippen LogP contribution in [0.15, 0.2) is 24.3 Å². The number of rotatable bonds is 5. The van der Waals surface area contributed by atoms with Gasteiger partial charge in [-0.15, -0.1) is 0 Å². The Morgan fingerprint density at radius 3 is 2.84 bits per heavy atom. The van der Waals surface area contributed by atoms with Crippen molar-refractivity contribution in [2.24, 2.45) is 11.8 Å². The van der Waals surface area contributed by atoms with Crippen LogP contribution in [0.25, 0.3) is 6.08 Å². The highest BCUT2D eigenvalue weighted by atomic mass is 35.5. The second kappa shape index (κ2) is 8.99. The van der Waals surface area contributed by atoms with Gasteiger partial charge in [0.25, 0.3) is 5.91 Å². The first-order valence-electron chi connectivity index (χ1n) is 8.46. The van der Waals surface area contributed by atoms with Gasteiger partial charge in [-0.3, -0.25) is 4.79 Å². The lowest BCUT2D eigenvalue weighted by molar-refractivity contribution is -0.144. The molecule has 0 heterocycles. The topological polar surface area (TPSA) is 55.4 Å². The number of carbonyl (C=O) groups excluding carboxylic acids is 2. The summed E-state index contributed by atoms with van der Waals surface area (Å²) in [5, 5.41) is 3.12. The van der Waals surface area contributed by atoms with E-state index in [1.807, 2.05) is 0 Å². The molecule has 25 heavy (non-hydrogen) atoms. The number of hydrogen-bond donors (Lipinski definition) is 1. The minimum atomic E-state index is -0.723. The van der Waals surface area contributed by atoms with Gasteiger partial charge in [0.2, 0.25) is 0 Å². The second-order valence-corrected chi connectivity index (χ2v) is 6.92. The van der Waals surface area contributed by atoms with Gasteiger partial charge < -0.3 is 10.1 Å². The molecule has 0 bridgehead atoms. The lowest BCUT2D eigenvalue weighted by Crippen LogP contribution is -2.45. The monoisotopic (exact) mass is 367 g/mol. The van der Waals surface area contributed by atoms with Gasteiger partial charge in [0.1, 0.15) is 5.82 Å². The minimum Gasteiger partial charge on any atom is -0.452 e. The van der Waals surface area contributed by atoms with Crippen LogP contribution >= 0.6 is 11.6 Å².